The molecule has 0 aromatic heterocycles. The van der Waals surface area contributed by atoms with E-state index in [4.69, 9.17) is 5.11 Å². The zero-order valence-corrected chi connectivity index (χ0v) is 18.3. The summed E-state index contributed by atoms with van der Waals surface area (Å²) in [6, 6.07) is 0. The minimum absolute atomic E-state index is 0.0368. The van der Waals surface area contributed by atoms with Crippen LogP contribution in [0, 0.1) is 46.3 Å². The molecule has 0 amide bonds. The van der Waals surface area contributed by atoms with Gasteiger partial charge in [-0.1, -0.05) is 20.8 Å². The lowest BCUT2D eigenvalue weighted by atomic mass is 9.44. The highest BCUT2D eigenvalue weighted by Gasteiger charge is 2.66. The van der Waals surface area contributed by atoms with Crippen molar-refractivity contribution in [3.63, 3.8) is 0 Å². The number of carbonyl (C=O) groups is 3. The van der Waals surface area contributed by atoms with Crippen LogP contribution in [0.1, 0.15) is 78.6 Å². The number of hydrogen-bond acceptors (Lipinski definition) is 3. The van der Waals surface area contributed by atoms with Crippen LogP contribution in [0.5, 0.6) is 0 Å². The molecule has 6 heteroatoms. The Balaban J connectivity index is 1.60. The van der Waals surface area contributed by atoms with Crippen molar-refractivity contribution in [3.8, 4) is 0 Å². The fourth-order valence-corrected chi connectivity index (χ4v) is 8.30. The van der Waals surface area contributed by atoms with Crippen LogP contribution in [0.3, 0.4) is 0 Å². The van der Waals surface area contributed by atoms with Crippen LogP contribution in [0.15, 0.2) is 0 Å². The van der Waals surface area contributed by atoms with E-state index in [2.05, 4.69) is 13.8 Å². The topological polar surface area (TPSA) is 71.4 Å². The summed E-state index contributed by atoms with van der Waals surface area (Å²) in [5, 5.41) is 9.06. The van der Waals surface area contributed by atoms with Gasteiger partial charge in [0.2, 0.25) is 5.78 Å². The molecular weight excluding hydrogens is 390 g/mol. The second-order valence-electron chi connectivity index (χ2n) is 11.3. The molecule has 0 aromatic rings. The van der Waals surface area contributed by atoms with E-state index < -0.39 is 29.5 Å². The van der Waals surface area contributed by atoms with E-state index in [9.17, 15) is 23.2 Å². The first-order valence-corrected chi connectivity index (χ1v) is 11.6. The highest BCUT2D eigenvalue weighted by molar-refractivity contribution is 5.89. The van der Waals surface area contributed by atoms with Crippen molar-refractivity contribution in [2.45, 2.75) is 84.5 Å². The van der Waals surface area contributed by atoms with E-state index in [1.165, 1.54) is 0 Å². The molecule has 0 aliphatic heterocycles. The Kier molecular flexibility index (Phi) is 5.18. The number of halogens is 2. The van der Waals surface area contributed by atoms with E-state index >= 15 is 0 Å². The number of ketones is 2. The third-order valence-electron chi connectivity index (χ3n) is 9.89. The number of aliphatic carboxylic acids is 1. The maximum Gasteiger partial charge on any atom is 0.305 e. The summed E-state index contributed by atoms with van der Waals surface area (Å²) >= 11 is 0. The van der Waals surface area contributed by atoms with Crippen molar-refractivity contribution >= 4 is 17.5 Å². The van der Waals surface area contributed by atoms with Gasteiger partial charge in [0.05, 0.1) is 0 Å². The summed E-state index contributed by atoms with van der Waals surface area (Å²) in [5.74, 6) is -4.57. The Labute approximate surface area is 177 Å². The fraction of sp³-hybridized carbons (Fsp3) is 0.875. The van der Waals surface area contributed by atoms with E-state index in [1.807, 2.05) is 6.92 Å². The number of fused-ring (bicyclic) bond motifs is 5. The van der Waals surface area contributed by atoms with Crippen molar-refractivity contribution < 1.29 is 28.3 Å². The van der Waals surface area contributed by atoms with Gasteiger partial charge in [-0.05, 0) is 72.5 Å². The third kappa shape index (κ3) is 3.15. The second kappa shape index (κ2) is 7.09. The van der Waals surface area contributed by atoms with Crippen molar-refractivity contribution in [2.24, 2.45) is 46.3 Å². The minimum atomic E-state index is -3.28. The first-order chi connectivity index (χ1) is 13.9. The highest BCUT2D eigenvalue weighted by atomic mass is 19.3. The molecule has 0 aromatic carbocycles. The number of Topliss-reactive ketones (excluding diaryl/α,β-unsaturated/α-hetero) is 2. The molecule has 30 heavy (non-hydrogen) atoms. The number of carboxylic acid groups (broad SMARTS) is 1. The standard InChI is InChI=1S/C24H34F2O4/c1-13(4-7-20(29)30)15-5-6-16-21-17(8-9-22(15,16)2)23(3)12-24(25,26)19(28)11-14(23)10-18(21)27/h13-17,21H,4-12H2,1-3H3,(H,29,30)/t13-,14-,15-,16?,17?,21?,22-,23+/m1/s1. The van der Waals surface area contributed by atoms with Gasteiger partial charge in [0.1, 0.15) is 5.78 Å². The van der Waals surface area contributed by atoms with Crippen LogP contribution in [-0.4, -0.2) is 28.6 Å². The van der Waals surface area contributed by atoms with Gasteiger partial charge in [0, 0.05) is 31.6 Å². The van der Waals surface area contributed by atoms with Gasteiger partial charge in [0.25, 0.3) is 0 Å². The van der Waals surface area contributed by atoms with Gasteiger partial charge < -0.3 is 5.11 Å². The number of hydrogen-bond donors (Lipinski definition) is 1. The van der Waals surface area contributed by atoms with Gasteiger partial charge in [-0.15, -0.1) is 0 Å². The lowest BCUT2D eigenvalue weighted by Gasteiger charge is -2.60. The molecule has 0 spiro atoms. The molecule has 0 bridgehead atoms. The molecule has 3 unspecified atom stereocenters. The van der Waals surface area contributed by atoms with Crippen LogP contribution >= 0.6 is 0 Å². The number of rotatable bonds is 4. The van der Waals surface area contributed by atoms with Crippen LogP contribution in [0.4, 0.5) is 8.78 Å². The fourth-order valence-electron chi connectivity index (χ4n) is 8.30. The first-order valence-electron chi connectivity index (χ1n) is 11.6. The van der Waals surface area contributed by atoms with Gasteiger partial charge in [-0.25, -0.2) is 0 Å². The molecule has 4 aliphatic rings. The zero-order valence-electron chi connectivity index (χ0n) is 18.3. The smallest absolute Gasteiger partial charge is 0.305 e. The molecule has 168 valence electrons. The summed E-state index contributed by atoms with van der Waals surface area (Å²) in [6.07, 6.45) is 4.01. The van der Waals surface area contributed by atoms with Crippen molar-refractivity contribution in [3.05, 3.63) is 0 Å². The molecule has 4 rings (SSSR count). The molecule has 0 saturated heterocycles. The van der Waals surface area contributed by atoms with Crippen molar-refractivity contribution in [1.82, 2.24) is 0 Å². The maximum atomic E-state index is 14.4. The summed E-state index contributed by atoms with van der Waals surface area (Å²) in [7, 11) is 0. The van der Waals surface area contributed by atoms with E-state index in [1.54, 1.807) is 0 Å². The van der Waals surface area contributed by atoms with E-state index in [-0.39, 0.29) is 60.1 Å². The molecule has 4 saturated carbocycles. The molecule has 4 fully saturated rings. The van der Waals surface area contributed by atoms with Gasteiger partial charge in [-0.2, -0.15) is 8.78 Å². The Morgan fingerprint density at radius 1 is 1.10 bits per heavy atom. The lowest BCUT2D eigenvalue weighted by molar-refractivity contribution is -0.186. The third-order valence-corrected chi connectivity index (χ3v) is 9.89. The van der Waals surface area contributed by atoms with Gasteiger partial charge in [0.15, 0.2) is 0 Å². The van der Waals surface area contributed by atoms with Crippen molar-refractivity contribution in [2.75, 3.05) is 0 Å². The van der Waals surface area contributed by atoms with Gasteiger partial charge in [-0.3, -0.25) is 14.4 Å². The average Bonchev–Trinajstić information content (AvgIpc) is 2.99. The molecule has 8 atom stereocenters. The quantitative estimate of drug-likeness (QED) is 0.678. The van der Waals surface area contributed by atoms with Crippen LogP contribution < -0.4 is 0 Å². The summed E-state index contributed by atoms with van der Waals surface area (Å²) < 4.78 is 28.9. The molecular formula is C24H34F2O4. The Morgan fingerprint density at radius 2 is 1.77 bits per heavy atom. The predicted octanol–water partition coefficient (Wildman–Crippen LogP) is 5.14. The normalized spacial score (nSPS) is 46.0. The van der Waals surface area contributed by atoms with Crippen LogP contribution in [0.2, 0.25) is 0 Å². The lowest BCUT2D eigenvalue weighted by Crippen LogP contribution is -2.60. The zero-order chi connectivity index (χ0) is 22.1. The maximum absolute atomic E-state index is 14.4. The summed E-state index contributed by atoms with van der Waals surface area (Å²) in [4.78, 5) is 36.3. The predicted molar refractivity (Wildman–Crippen MR) is 107 cm³/mol. The number of carboxylic acids is 1. The molecule has 0 radical (unpaired) electrons. The molecule has 4 nitrogen and oxygen atoms in total. The van der Waals surface area contributed by atoms with E-state index in [0.29, 0.717) is 12.3 Å². The van der Waals surface area contributed by atoms with Crippen molar-refractivity contribution in [1.29, 1.82) is 0 Å². The summed E-state index contributed by atoms with van der Waals surface area (Å²) in [5.41, 5.74) is -0.699. The summed E-state index contributed by atoms with van der Waals surface area (Å²) in [6.45, 7) is 6.29. The number of carbonyl (C=O) groups excluding carboxylic acids is 2. The van der Waals surface area contributed by atoms with Crippen LogP contribution in [-0.2, 0) is 14.4 Å². The van der Waals surface area contributed by atoms with Crippen LogP contribution in [0.25, 0.3) is 0 Å². The Morgan fingerprint density at radius 3 is 2.43 bits per heavy atom. The number of alkyl halides is 2. The Bertz CT molecular complexity index is 764. The SMILES string of the molecule is C[C@H](CCC(=O)O)[C@H]1CCC2C3C(=O)C[C@@H]4CC(=O)C(F)(F)C[C@]4(C)C3CC[C@@]21C. The highest BCUT2D eigenvalue weighted by Crippen LogP contribution is 2.68. The monoisotopic (exact) mass is 424 g/mol. The first kappa shape index (κ1) is 21.9. The van der Waals surface area contributed by atoms with Gasteiger partial charge >= 0.3 is 11.9 Å². The molecule has 4 aliphatic carbocycles. The van der Waals surface area contributed by atoms with E-state index in [0.717, 1.165) is 25.7 Å². The average molecular weight is 425 g/mol. The Hall–Kier alpha value is -1.33. The minimum Gasteiger partial charge on any atom is -0.481 e. The second-order valence-corrected chi connectivity index (χ2v) is 11.3. The molecule has 1 N–H and O–H groups in total. The largest absolute Gasteiger partial charge is 0.481 e. The molecule has 0 heterocycles.